The number of nitrogens with one attached hydrogen (secondary N) is 1. The molecule has 0 aliphatic carbocycles. The predicted molar refractivity (Wildman–Crippen MR) is 145 cm³/mol. The molecule has 0 saturated carbocycles. The highest BCUT2D eigenvalue weighted by molar-refractivity contribution is 7.92. The number of nitrogens with two attached hydrogens (primary N) is 2. The van der Waals surface area contributed by atoms with Crippen molar-refractivity contribution in [2.24, 2.45) is 0 Å². The van der Waals surface area contributed by atoms with Gasteiger partial charge in [0.05, 0.1) is 34.9 Å². The summed E-state index contributed by atoms with van der Waals surface area (Å²) in [5.41, 5.74) is 11.7. The second kappa shape index (κ2) is 13.2. The van der Waals surface area contributed by atoms with E-state index in [0.29, 0.717) is 0 Å². The molecule has 4 rings (SSSR count). The molecule has 0 aliphatic rings. The van der Waals surface area contributed by atoms with Crippen LogP contribution in [0.2, 0.25) is 0 Å². The molecule has 3 aromatic heterocycles. The number of anilines is 3. The molecule has 0 saturated heterocycles. The summed E-state index contributed by atoms with van der Waals surface area (Å²) in [7, 11) is -3.93. The van der Waals surface area contributed by atoms with Crippen molar-refractivity contribution < 1.29 is 26.3 Å². The van der Waals surface area contributed by atoms with E-state index in [0.717, 1.165) is 19.3 Å². The number of nitrogen functional groups attached to an aromatic ring is 2. The number of nitrogens with zero attached hydrogens (tertiary/aromatic N) is 4. The molecule has 0 radical (unpaired) electrons. The molecule has 0 unspecified atom stereocenters. The van der Waals surface area contributed by atoms with Crippen molar-refractivity contribution in [1.82, 2.24) is 19.9 Å². The Labute approximate surface area is 223 Å². The fraction of sp³-hybridized carbons (Fsp3) is 0.280. The summed E-state index contributed by atoms with van der Waals surface area (Å²) >= 11 is 0. The Bertz CT molecular complexity index is 1550. The van der Waals surface area contributed by atoms with E-state index in [4.69, 9.17) is 16.2 Å². The summed E-state index contributed by atoms with van der Waals surface area (Å²) in [5.74, 6) is -2.15. The average Bonchev–Trinajstić information content (AvgIpc) is 2.89. The fourth-order valence-corrected chi connectivity index (χ4v) is 4.48. The first-order chi connectivity index (χ1) is 18.6. The van der Waals surface area contributed by atoms with Crippen LogP contribution in [-0.4, -0.2) is 54.0 Å². The Hall–Kier alpha value is -4.04. The van der Waals surface area contributed by atoms with Crippen molar-refractivity contribution in [3.8, 4) is 22.6 Å². The number of sulfonamides is 1. The summed E-state index contributed by atoms with van der Waals surface area (Å²) in [6.45, 7) is 4.86. The zero-order valence-corrected chi connectivity index (χ0v) is 22.1. The van der Waals surface area contributed by atoms with E-state index in [2.05, 4.69) is 24.7 Å². The zero-order valence-electron chi connectivity index (χ0n) is 21.3. The van der Waals surface area contributed by atoms with Crippen LogP contribution in [0.3, 0.4) is 0 Å². The maximum absolute atomic E-state index is 15.1. The molecule has 0 spiro atoms. The number of pyridine rings is 2. The van der Waals surface area contributed by atoms with Gasteiger partial charge in [0.15, 0.2) is 17.5 Å². The third kappa shape index (κ3) is 7.51. The first-order valence-corrected chi connectivity index (χ1v) is 13.5. The van der Waals surface area contributed by atoms with Crippen molar-refractivity contribution in [2.45, 2.75) is 20.3 Å². The smallest absolute Gasteiger partial charge is 0.232 e. The molecule has 14 heteroatoms. The van der Waals surface area contributed by atoms with Crippen molar-refractivity contribution in [3.63, 3.8) is 0 Å². The minimum atomic E-state index is -3.93. The van der Waals surface area contributed by atoms with Crippen molar-refractivity contribution >= 4 is 38.4 Å². The number of rotatable bonds is 9. The lowest BCUT2D eigenvalue weighted by Crippen LogP contribution is -2.18. The number of aromatic nitrogens is 4. The molecule has 0 amide bonds. The lowest BCUT2D eigenvalue weighted by Gasteiger charge is -2.12. The Kier molecular flexibility index (Phi) is 9.95. The summed E-state index contributed by atoms with van der Waals surface area (Å²) in [4.78, 5) is 16.5. The number of halogens is 3. The minimum Gasteiger partial charge on any atom is -0.384 e. The highest BCUT2D eigenvalue weighted by Gasteiger charge is 2.18. The standard InChI is InChI=1S/C21H18F3N7O2S.C4H10O/c22-7-2-8-34(32,33)31-15-4-1-3-11(18(15)24)14-5-6-16-19(28-14)20(26)30-21(29-16)12-10-27-17(25)9-13(12)23;1-3-5-4-2/h1,3-6,9-10,31H,2,7-8H2,(H2,25,27)(H2,26,29,30);3-4H2,1-2H3. The Morgan fingerprint density at radius 3 is 2.38 bits per heavy atom. The zero-order chi connectivity index (χ0) is 28.6. The third-order valence-electron chi connectivity index (χ3n) is 5.18. The molecular formula is C25H28F3N7O3S. The van der Waals surface area contributed by atoms with E-state index in [1.165, 1.54) is 36.5 Å². The molecule has 0 aliphatic heterocycles. The van der Waals surface area contributed by atoms with E-state index in [1.807, 2.05) is 13.8 Å². The fourth-order valence-electron chi connectivity index (χ4n) is 3.39. The predicted octanol–water partition coefficient (Wildman–Crippen LogP) is 4.34. The quantitative estimate of drug-likeness (QED) is 0.269. The van der Waals surface area contributed by atoms with Gasteiger partial charge < -0.3 is 16.2 Å². The van der Waals surface area contributed by atoms with Gasteiger partial charge in [-0.15, -0.1) is 0 Å². The molecule has 1 aromatic carbocycles. The van der Waals surface area contributed by atoms with Gasteiger partial charge in [0, 0.05) is 31.0 Å². The van der Waals surface area contributed by atoms with Gasteiger partial charge in [-0.2, -0.15) is 0 Å². The van der Waals surface area contributed by atoms with Gasteiger partial charge in [0.1, 0.15) is 17.2 Å². The van der Waals surface area contributed by atoms with Crippen molar-refractivity contribution in [3.05, 3.63) is 54.2 Å². The van der Waals surface area contributed by atoms with E-state index < -0.39 is 34.1 Å². The van der Waals surface area contributed by atoms with Crippen LogP contribution >= 0.6 is 0 Å². The summed E-state index contributed by atoms with van der Waals surface area (Å²) < 4.78 is 72.7. The molecule has 0 fully saturated rings. The second-order valence-electron chi connectivity index (χ2n) is 8.00. The van der Waals surface area contributed by atoms with E-state index in [9.17, 15) is 17.2 Å². The maximum Gasteiger partial charge on any atom is 0.232 e. The monoisotopic (exact) mass is 563 g/mol. The average molecular weight is 564 g/mol. The topological polar surface area (TPSA) is 159 Å². The molecule has 0 bridgehead atoms. The van der Waals surface area contributed by atoms with Crippen LogP contribution < -0.4 is 16.2 Å². The summed E-state index contributed by atoms with van der Waals surface area (Å²) in [6, 6.07) is 8.07. The minimum absolute atomic E-state index is 0.00437. The third-order valence-corrected chi connectivity index (χ3v) is 6.54. The Balaban J connectivity index is 0.000000771. The van der Waals surface area contributed by atoms with Crippen LogP contribution in [0.4, 0.5) is 30.5 Å². The highest BCUT2D eigenvalue weighted by atomic mass is 32.2. The Morgan fingerprint density at radius 2 is 1.74 bits per heavy atom. The first kappa shape index (κ1) is 29.5. The van der Waals surface area contributed by atoms with Gasteiger partial charge in [-0.1, -0.05) is 6.07 Å². The van der Waals surface area contributed by atoms with Crippen LogP contribution in [0.15, 0.2) is 42.6 Å². The van der Waals surface area contributed by atoms with Crippen molar-refractivity contribution in [2.75, 3.05) is 41.8 Å². The van der Waals surface area contributed by atoms with Crippen LogP contribution in [0.1, 0.15) is 20.3 Å². The van der Waals surface area contributed by atoms with Crippen LogP contribution in [-0.2, 0) is 14.8 Å². The molecule has 3 heterocycles. The number of hydrogen-bond acceptors (Lipinski definition) is 9. The molecule has 0 atom stereocenters. The van der Waals surface area contributed by atoms with Gasteiger partial charge >= 0.3 is 0 Å². The summed E-state index contributed by atoms with van der Waals surface area (Å²) in [5, 5.41) is 0. The van der Waals surface area contributed by atoms with E-state index in [-0.39, 0.29) is 57.4 Å². The van der Waals surface area contributed by atoms with Gasteiger partial charge in [-0.25, -0.2) is 37.1 Å². The van der Waals surface area contributed by atoms with Crippen LogP contribution in [0.5, 0.6) is 0 Å². The van der Waals surface area contributed by atoms with Crippen LogP contribution in [0.25, 0.3) is 33.7 Å². The number of hydrogen-bond donors (Lipinski definition) is 3. The molecule has 4 aromatic rings. The lowest BCUT2D eigenvalue weighted by molar-refractivity contribution is 0.162. The van der Waals surface area contributed by atoms with Crippen molar-refractivity contribution in [1.29, 1.82) is 0 Å². The normalized spacial score (nSPS) is 11.2. The molecular weight excluding hydrogens is 535 g/mol. The summed E-state index contributed by atoms with van der Waals surface area (Å²) in [6.07, 6.45) is 0.975. The number of benzene rings is 1. The SMILES string of the molecule is CCOCC.Nc1cc(F)c(-c2nc(N)c3nc(-c4cccc(NS(=O)(=O)CCCF)c4F)ccc3n2)cn1. The number of fused-ring (bicyclic) bond motifs is 1. The lowest BCUT2D eigenvalue weighted by atomic mass is 10.1. The van der Waals surface area contributed by atoms with Crippen LogP contribution in [0, 0.1) is 11.6 Å². The number of ether oxygens (including phenoxy) is 1. The second-order valence-corrected chi connectivity index (χ2v) is 9.84. The Morgan fingerprint density at radius 1 is 1.00 bits per heavy atom. The van der Waals surface area contributed by atoms with Gasteiger partial charge in [-0.05, 0) is 44.5 Å². The molecule has 39 heavy (non-hydrogen) atoms. The number of alkyl halides is 1. The highest BCUT2D eigenvalue weighted by Crippen LogP contribution is 2.30. The first-order valence-electron chi connectivity index (χ1n) is 11.9. The molecule has 5 N–H and O–H groups in total. The van der Waals surface area contributed by atoms with E-state index >= 15 is 4.39 Å². The van der Waals surface area contributed by atoms with Gasteiger partial charge in [0.2, 0.25) is 10.0 Å². The molecule has 10 nitrogen and oxygen atoms in total. The van der Waals surface area contributed by atoms with Gasteiger partial charge in [-0.3, -0.25) is 9.11 Å². The maximum atomic E-state index is 15.1. The largest absolute Gasteiger partial charge is 0.384 e. The van der Waals surface area contributed by atoms with E-state index in [1.54, 1.807) is 0 Å². The molecule has 208 valence electrons. The van der Waals surface area contributed by atoms with Gasteiger partial charge in [0.25, 0.3) is 0 Å².